The highest BCUT2D eigenvalue weighted by Crippen LogP contribution is 2.37. The quantitative estimate of drug-likeness (QED) is 0.798. The van der Waals surface area contributed by atoms with Gasteiger partial charge >= 0.3 is 0 Å². The number of aromatic amines is 2. The third-order valence-electron chi connectivity index (χ3n) is 3.86. The first-order valence-corrected chi connectivity index (χ1v) is 7.12. The minimum absolute atomic E-state index is 0.400. The molecule has 2 atom stereocenters. The van der Waals surface area contributed by atoms with Crippen LogP contribution in [0, 0.1) is 10.7 Å². The van der Waals surface area contributed by atoms with Crippen molar-refractivity contribution >= 4 is 12.2 Å². The molecule has 1 aromatic rings. The lowest BCUT2D eigenvalue weighted by atomic mass is 9.86. The summed E-state index contributed by atoms with van der Waals surface area (Å²) in [5.74, 6) is 0.400. The summed E-state index contributed by atoms with van der Waals surface area (Å²) in [5, 5.41) is 0. The number of halogens is 1. The van der Waals surface area contributed by atoms with Crippen LogP contribution in [0.3, 0.4) is 0 Å². The Labute approximate surface area is 117 Å². The number of rotatable bonds is 3. The summed E-state index contributed by atoms with van der Waals surface area (Å²) in [4.78, 5) is 6.13. The van der Waals surface area contributed by atoms with Crippen molar-refractivity contribution in [3.05, 3.63) is 52.1 Å². The smallest absolute Gasteiger partial charge is 0.174 e. The summed E-state index contributed by atoms with van der Waals surface area (Å²) >= 11 is 5.04. The zero-order valence-electron chi connectivity index (χ0n) is 10.7. The SMILES string of the molecule is FC1CC=CC=C1C1=CCCC1Cc1c[nH]c(=S)[nH]1. The molecule has 2 nitrogen and oxygen atoms in total. The maximum atomic E-state index is 14.0. The maximum Gasteiger partial charge on any atom is 0.174 e. The van der Waals surface area contributed by atoms with E-state index in [1.165, 1.54) is 5.57 Å². The average molecular weight is 276 g/mol. The minimum atomic E-state index is -0.846. The summed E-state index contributed by atoms with van der Waals surface area (Å²) in [7, 11) is 0. The number of aromatic nitrogens is 2. The van der Waals surface area contributed by atoms with E-state index in [4.69, 9.17) is 12.2 Å². The van der Waals surface area contributed by atoms with Crippen LogP contribution in [-0.2, 0) is 6.42 Å². The fraction of sp³-hybridized carbons (Fsp3) is 0.400. The van der Waals surface area contributed by atoms with Crippen LogP contribution in [0.25, 0.3) is 0 Å². The van der Waals surface area contributed by atoms with Crippen molar-refractivity contribution in [1.29, 1.82) is 0 Å². The molecule has 0 spiro atoms. The molecule has 0 saturated heterocycles. The molecule has 2 unspecified atom stereocenters. The van der Waals surface area contributed by atoms with Crippen LogP contribution in [0.1, 0.15) is 25.0 Å². The van der Waals surface area contributed by atoms with Crippen LogP contribution in [0.5, 0.6) is 0 Å². The normalized spacial score (nSPS) is 26.4. The zero-order chi connectivity index (χ0) is 13.2. The first-order valence-electron chi connectivity index (χ1n) is 6.72. The van der Waals surface area contributed by atoms with Gasteiger partial charge in [0.25, 0.3) is 0 Å². The van der Waals surface area contributed by atoms with Gasteiger partial charge in [-0.1, -0.05) is 24.3 Å². The van der Waals surface area contributed by atoms with Crippen LogP contribution in [-0.4, -0.2) is 16.1 Å². The number of allylic oxidation sites excluding steroid dienone is 6. The van der Waals surface area contributed by atoms with Gasteiger partial charge in [-0.25, -0.2) is 4.39 Å². The number of hydrogen-bond acceptors (Lipinski definition) is 1. The third kappa shape index (κ3) is 2.63. The Hall–Kier alpha value is -1.42. The molecule has 0 radical (unpaired) electrons. The van der Waals surface area contributed by atoms with E-state index in [1.807, 2.05) is 24.4 Å². The molecule has 2 aliphatic carbocycles. The molecule has 1 heterocycles. The highest BCUT2D eigenvalue weighted by Gasteiger charge is 2.27. The van der Waals surface area contributed by atoms with Crippen molar-refractivity contribution in [2.75, 3.05) is 0 Å². The number of nitrogens with one attached hydrogen (secondary N) is 2. The second-order valence-electron chi connectivity index (χ2n) is 5.16. The van der Waals surface area contributed by atoms with E-state index in [1.54, 1.807) is 0 Å². The molecule has 19 heavy (non-hydrogen) atoms. The molecule has 100 valence electrons. The van der Waals surface area contributed by atoms with Crippen molar-refractivity contribution in [2.24, 2.45) is 5.92 Å². The molecule has 3 rings (SSSR count). The monoisotopic (exact) mass is 276 g/mol. The Morgan fingerprint density at radius 2 is 2.26 bits per heavy atom. The van der Waals surface area contributed by atoms with E-state index >= 15 is 0 Å². The topological polar surface area (TPSA) is 31.6 Å². The highest BCUT2D eigenvalue weighted by molar-refractivity contribution is 7.71. The van der Waals surface area contributed by atoms with Crippen molar-refractivity contribution in [2.45, 2.75) is 31.9 Å². The van der Waals surface area contributed by atoms with E-state index in [0.29, 0.717) is 17.1 Å². The van der Waals surface area contributed by atoms with E-state index in [0.717, 1.165) is 30.5 Å². The van der Waals surface area contributed by atoms with Crippen LogP contribution < -0.4 is 0 Å². The van der Waals surface area contributed by atoms with Gasteiger partial charge in [0, 0.05) is 18.3 Å². The van der Waals surface area contributed by atoms with Crippen molar-refractivity contribution in [3.63, 3.8) is 0 Å². The Morgan fingerprint density at radius 1 is 1.37 bits per heavy atom. The van der Waals surface area contributed by atoms with Gasteiger partial charge in [-0.05, 0) is 48.5 Å². The molecular weight excluding hydrogens is 259 g/mol. The van der Waals surface area contributed by atoms with Gasteiger partial charge in [-0.2, -0.15) is 0 Å². The van der Waals surface area contributed by atoms with Gasteiger partial charge in [0.1, 0.15) is 6.17 Å². The van der Waals surface area contributed by atoms with Gasteiger partial charge in [-0.15, -0.1) is 0 Å². The fourth-order valence-electron chi connectivity index (χ4n) is 2.95. The predicted molar refractivity (Wildman–Crippen MR) is 77.2 cm³/mol. The van der Waals surface area contributed by atoms with Gasteiger partial charge in [0.05, 0.1) is 0 Å². The van der Waals surface area contributed by atoms with Gasteiger partial charge < -0.3 is 9.97 Å². The number of hydrogen-bond donors (Lipinski definition) is 2. The Kier molecular flexibility index (Phi) is 3.51. The number of imidazole rings is 1. The average Bonchev–Trinajstić information content (AvgIpc) is 3.00. The number of H-pyrrole nitrogens is 2. The molecule has 2 N–H and O–H groups in total. The van der Waals surface area contributed by atoms with Crippen LogP contribution in [0.2, 0.25) is 0 Å². The summed E-state index contributed by atoms with van der Waals surface area (Å²) in [5.41, 5.74) is 3.17. The third-order valence-corrected chi connectivity index (χ3v) is 4.08. The van der Waals surface area contributed by atoms with Gasteiger partial charge in [-0.3, -0.25) is 0 Å². The molecule has 0 amide bonds. The largest absolute Gasteiger partial charge is 0.337 e. The molecule has 0 bridgehead atoms. The molecule has 0 saturated carbocycles. The van der Waals surface area contributed by atoms with Crippen LogP contribution in [0.15, 0.2) is 41.6 Å². The van der Waals surface area contributed by atoms with Crippen LogP contribution >= 0.6 is 12.2 Å². The second-order valence-corrected chi connectivity index (χ2v) is 5.57. The molecule has 2 aliphatic rings. The summed E-state index contributed by atoms with van der Waals surface area (Å²) in [6.45, 7) is 0. The van der Waals surface area contributed by atoms with Crippen molar-refractivity contribution in [3.8, 4) is 0 Å². The van der Waals surface area contributed by atoms with Gasteiger partial charge in [0.2, 0.25) is 0 Å². The summed E-state index contributed by atoms with van der Waals surface area (Å²) < 4.78 is 14.7. The summed E-state index contributed by atoms with van der Waals surface area (Å²) in [6, 6.07) is 0. The van der Waals surface area contributed by atoms with E-state index < -0.39 is 6.17 Å². The Morgan fingerprint density at radius 3 is 3.00 bits per heavy atom. The molecule has 0 fully saturated rings. The van der Waals surface area contributed by atoms with E-state index in [-0.39, 0.29) is 0 Å². The second kappa shape index (κ2) is 5.29. The lowest BCUT2D eigenvalue weighted by Gasteiger charge is -2.21. The van der Waals surface area contributed by atoms with Crippen molar-refractivity contribution < 1.29 is 4.39 Å². The van der Waals surface area contributed by atoms with E-state index in [2.05, 4.69) is 16.0 Å². The van der Waals surface area contributed by atoms with Crippen LogP contribution in [0.4, 0.5) is 4.39 Å². The lowest BCUT2D eigenvalue weighted by Crippen LogP contribution is -2.14. The minimum Gasteiger partial charge on any atom is -0.337 e. The molecule has 0 aromatic carbocycles. The van der Waals surface area contributed by atoms with Gasteiger partial charge in [0.15, 0.2) is 4.77 Å². The molecule has 0 aliphatic heterocycles. The standard InChI is InChI=1S/C15H17FN2S/c16-14-7-2-1-5-13(14)12-6-3-4-10(12)8-11-9-17-15(19)18-11/h1-2,5-6,9-10,14H,3-4,7-8H2,(H2,17,18,19). The molecular formula is C15H17FN2S. The predicted octanol–water partition coefficient (Wildman–Crippen LogP) is 4.18. The first kappa shape index (κ1) is 12.6. The first-order chi connectivity index (χ1) is 9.24. The lowest BCUT2D eigenvalue weighted by molar-refractivity contribution is 0.380. The number of alkyl halides is 1. The Balaban J connectivity index is 1.79. The Bertz CT molecular complexity index is 606. The zero-order valence-corrected chi connectivity index (χ0v) is 11.5. The maximum absolute atomic E-state index is 14.0. The summed E-state index contributed by atoms with van der Waals surface area (Å²) in [6.07, 6.45) is 12.6. The molecule has 4 heteroatoms. The molecule has 1 aromatic heterocycles. The highest BCUT2D eigenvalue weighted by atomic mass is 32.1. The van der Waals surface area contributed by atoms with E-state index in [9.17, 15) is 4.39 Å². The fourth-order valence-corrected chi connectivity index (χ4v) is 3.14. The van der Waals surface area contributed by atoms with Crippen molar-refractivity contribution in [1.82, 2.24) is 9.97 Å².